The molecule has 0 unspecified atom stereocenters. The molecule has 27 heavy (non-hydrogen) atoms. The third-order valence-electron chi connectivity index (χ3n) is 3.56. The van der Waals surface area contributed by atoms with Crippen LogP contribution < -0.4 is 10.6 Å². The monoisotopic (exact) mass is 386 g/mol. The second-order valence-corrected chi connectivity index (χ2v) is 7.88. The lowest BCUT2D eigenvalue weighted by molar-refractivity contribution is -0.115. The molecule has 0 aliphatic rings. The molecule has 9 heteroatoms. The molecule has 8 nitrogen and oxygen atoms in total. The van der Waals surface area contributed by atoms with Crippen LogP contribution in [0.5, 0.6) is 0 Å². The van der Waals surface area contributed by atoms with Gasteiger partial charge in [0, 0.05) is 31.0 Å². The maximum absolute atomic E-state index is 12.3. The Labute approximate surface area is 157 Å². The van der Waals surface area contributed by atoms with Crippen molar-refractivity contribution >= 4 is 33.2 Å². The number of carbonyl (C=O) groups is 2. The zero-order chi connectivity index (χ0) is 20.0. The molecule has 140 valence electrons. The Morgan fingerprint density at radius 3 is 2.00 bits per heavy atom. The summed E-state index contributed by atoms with van der Waals surface area (Å²) in [7, 11) is -0.643. The number of hydrogen-bond acceptors (Lipinski definition) is 5. The van der Waals surface area contributed by atoms with Crippen molar-refractivity contribution in [3.05, 3.63) is 54.1 Å². The number of hydrogen-bond donors (Lipinski definition) is 2. The van der Waals surface area contributed by atoms with Crippen LogP contribution in [0.15, 0.2) is 53.4 Å². The average molecular weight is 386 g/mol. The molecule has 0 spiro atoms. The van der Waals surface area contributed by atoms with Gasteiger partial charge in [-0.25, -0.2) is 12.7 Å². The first-order chi connectivity index (χ1) is 12.7. The summed E-state index contributed by atoms with van der Waals surface area (Å²) in [6.07, 6.45) is -0.248. The Balaban J connectivity index is 2.05. The minimum Gasteiger partial charge on any atom is -0.325 e. The van der Waals surface area contributed by atoms with Gasteiger partial charge in [0.05, 0.1) is 11.0 Å². The third kappa shape index (κ3) is 5.13. The van der Waals surface area contributed by atoms with Crippen LogP contribution in [0.1, 0.15) is 16.8 Å². The molecule has 2 rings (SSSR count). The van der Waals surface area contributed by atoms with Crippen LogP contribution >= 0.6 is 0 Å². The van der Waals surface area contributed by atoms with Gasteiger partial charge in [-0.3, -0.25) is 9.59 Å². The number of nitriles is 1. The van der Waals surface area contributed by atoms with E-state index in [-0.39, 0.29) is 17.2 Å². The highest BCUT2D eigenvalue weighted by Crippen LogP contribution is 2.18. The van der Waals surface area contributed by atoms with E-state index in [9.17, 15) is 18.0 Å². The fourth-order valence-electron chi connectivity index (χ4n) is 2.11. The van der Waals surface area contributed by atoms with E-state index in [1.165, 1.54) is 50.5 Å². The molecule has 0 fully saturated rings. The van der Waals surface area contributed by atoms with Crippen LogP contribution in [0, 0.1) is 11.3 Å². The van der Waals surface area contributed by atoms with Gasteiger partial charge in [0.2, 0.25) is 15.9 Å². The topological polar surface area (TPSA) is 119 Å². The summed E-state index contributed by atoms with van der Waals surface area (Å²) in [6, 6.07) is 13.8. The van der Waals surface area contributed by atoms with Gasteiger partial charge in [0.1, 0.15) is 6.42 Å². The van der Waals surface area contributed by atoms with Crippen LogP contribution in [-0.2, 0) is 14.8 Å². The predicted octanol–water partition coefficient (Wildman–Crippen LogP) is 2.04. The van der Waals surface area contributed by atoms with E-state index in [4.69, 9.17) is 5.26 Å². The summed E-state index contributed by atoms with van der Waals surface area (Å²) >= 11 is 0. The number of rotatable bonds is 6. The van der Waals surface area contributed by atoms with Gasteiger partial charge < -0.3 is 10.6 Å². The van der Waals surface area contributed by atoms with Crippen LogP contribution in [0.2, 0.25) is 0 Å². The first kappa shape index (κ1) is 20.1. The summed E-state index contributed by atoms with van der Waals surface area (Å²) in [4.78, 5) is 23.8. The van der Waals surface area contributed by atoms with E-state index < -0.39 is 15.9 Å². The van der Waals surface area contributed by atoms with E-state index in [0.29, 0.717) is 16.9 Å². The molecule has 0 aromatic heterocycles. The molecule has 0 aliphatic heterocycles. The zero-order valence-corrected chi connectivity index (χ0v) is 15.6. The van der Waals surface area contributed by atoms with Crippen molar-refractivity contribution < 1.29 is 18.0 Å². The second-order valence-electron chi connectivity index (χ2n) is 5.73. The molecule has 0 heterocycles. The molecule has 0 aliphatic carbocycles. The van der Waals surface area contributed by atoms with E-state index in [0.717, 1.165) is 4.31 Å². The Kier molecular flexibility index (Phi) is 6.28. The van der Waals surface area contributed by atoms with Crippen molar-refractivity contribution in [3.8, 4) is 6.07 Å². The van der Waals surface area contributed by atoms with Crippen LogP contribution in [0.3, 0.4) is 0 Å². The molecule has 0 bridgehead atoms. The van der Waals surface area contributed by atoms with Crippen molar-refractivity contribution in [3.63, 3.8) is 0 Å². The van der Waals surface area contributed by atoms with Crippen molar-refractivity contribution in [2.45, 2.75) is 11.3 Å². The lowest BCUT2D eigenvalue weighted by atomic mass is 10.2. The van der Waals surface area contributed by atoms with E-state index in [1.807, 2.05) is 0 Å². The summed E-state index contributed by atoms with van der Waals surface area (Å²) in [5.41, 5.74) is 1.28. The van der Waals surface area contributed by atoms with E-state index >= 15 is 0 Å². The third-order valence-corrected chi connectivity index (χ3v) is 5.39. The predicted molar refractivity (Wildman–Crippen MR) is 101 cm³/mol. The van der Waals surface area contributed by atoms with Crippen molar-refractivity contribution in [1.82, 2.24) is 4.31 Å². The summed E-state index contributed by atoms with van der Waals surface area (Å²) in [6.45, 7) is 0. The summed E-state index contributed by atoms with van der Waals surface area (Å²) in [5, 5.41) is 13.7. The number of nitrogens with one attached hydrogen (secondary N) is 2. The Morgan fingerprint density at radius 2 is 1.48 bits per heavy atom. The normalized spacial score (nSPS) is 10.9. The van der Waals surface area contributed by atoms with Crippen LogP contribution in [-0.4, -0.2) is 38.6 Å². The van der Waals surface area contributed by atoms with Gasteiger partial charge >= 0.3 is 0 Å². The molecule has 2 amide bonds. The second kappa shape index (κ2) is 8.44. The van der Waals surface area contributed by atoms with Gasteiger partial charge in [-0.1, -0.05) is 0 Å². The van der Waals surface area contributed by atoms with E-state index in [1.54, 1.807) is 18.2 Å². The largest absolute Gasteiger partial charge is 0.325 e. The van der Waals surface area contributed by atoms with Crippen molar-refractivity contribution in [1.29, 1.82) is 5.26 Å². The van der Waals surface area contributed by atoms with Gasteiger partial charge in [-0.05, 0) is 48.5 Å². The molecular weight excluding hydrogens is 368 g/mol. The molecule has 2 N–H and O–H groups in total. The zero-order valence-electron chi connectivity index (χ0n) is 14.8. The minimum atomic E-state index is -3.53. The minimum absolute atomic E-state index is 0.128. The number of carbonyl (C=O) groups excluding carboxylic acids is 2. The van der Waals surface area contributed by atoms with Gasteiger partial charge in [0.15, 0.2) is 0 Å². The summed E-state index contributed by atoms with van der Waals surface area (Å²) in [5.74, 6) is -0.810. The standard InChI is InChI=1S/C18H18N4O4S/c1-22(2)27(25,26)16-9-7-15(8-10-16)21-18(24)13-3-5-14(6-4-13)20-17(23)11-12-19/h3-10H,11H2,1-2H3,(H,20,23)(H,21,24). The Hall–Kier alpha value is -3.22. The van der Waals surface area contributed by atoms with E-state index in [2.05, 4.69) is 10.6 Å². The summed E-state index contributed by atoms with van der Waals surface area (Å²) < 4.78 is 25.2. The number of amides is 2. The molecule has 0 saturated carbocycles. The van der Waals surface area contributed by atoms with Crippen molar-refractivity contribution in [2.24, 2.45) is 0 Å². The SMILES string of the molecule is CN(C)S(=O)(=O)c1ccc(NC(=O)c2ccc(NC(=O)CC#N)cc2)cc1. The number of nitrogens with zero attached hydrogens (tertiary/aromatic N) is 2. The highest BCUT2D eigenvalue weighted by Gasteiger charge is 2.17. The first-order valence-electron chi connectivity index (χ1n) is 7.85. The van der Waals surface area contributed by atoms with Crippen LogP contribution in [0.25, 0.3) is 0 Å². The smallest absolute Gasteiger partial charge is 0.255 e. The van der Waals surface area contributed by atoms with Crippen LogP contribution in [0.4, 0.5) is 11.4 Å². The number of benzene rings is 2. The molecule has 0 radical (unpaired) electrons. The van der Waals surface area contributed by atoms with Gasteiger partial charge in [-0.15, -0.1) is 0 Å². The lowest BCUT2D eigenvalue weighted by Crippen LogP contribution is -2.22. The Morgan fingerprint density at radius 1 is 0.963 bits per heavy atom. The molecule has 2 aromatic rings. The Bertz CT molecular complexity index is 976. The van der Waals surface area contributed by atoms with Crippen molar-refractivity contribution in [2.75, 3.05) is 24.7 Å². The van der Waals surface area contributed by atoms with Gasteiger partial charge in [-0.2, -0.15) is 5.26 Å². The first-order valence-corrected chi connectivity index (χ1v) is 9.29. The maximum atomic E-state index is 12.3. The highest BCUT2D eigenvalue weighted by molar-refractivity contribution is 7.89. The fraction of sp³-hybridized carbons (Fsp3) is 0.167. The highest BCUT2D eigenvalue weighted by atomic mass is 32.2. The lowest BCUT2D eigenvalue weighted by Gasteiger charge is -2.12. The molecule has 0 atom stereocenters. The molecule has 0 saturated heterocycles. The molecular formula is C18H18N4O4S. The van der Waals surface area contributed by atoms with Gasteiger partial charge in [0.25, 0.3) is 5.91 Å². The number of anilines is 2. The molecule has 2 aromatic carbocycles. The average Bonchev–Trinajstić information content (AvgIpc) is 2.62. The maximum Gasteiger partial charge on any atom is 0.255 e. The quantitative estimate of drug-likeness (QED) is 0.787. The fourth-order valence-corrected chi connectivity index (χ4v) is 3.01. The number of sulfonamides is 1.